The van der Waals surface area contributed by atoms with Gasteiger partial charge in [-0.3, -0.25) is 0 Å². The summed E-state index contributed by atoms with van der Waals surface area (Å²) < 4.78 is 2.06. The third-order valence-electron chi connectivity index (χ3n) is 2.72. The molecule has 2 heteroatoms. The topological polar surface area (TPSA) is 25.2 Å². The molecule has 1 aromatic carbocycles. The van der Waals surface area contributed by atoms with Gasteiger partial charge in [-0.25, -0.2) is 0 Å². The number of hydrogen-bond acceptors (Lipinski definition) is 1. The minimum absolute atomic E-state index is 0.354. The van der Waals surface area contributed by atoms with Crippen molar-refractivity contribution in [3.63, 3.8) is 0 Å². The quantitative estimate of drug-likeness (QED) is 0.771. The van der Waals surface area contributed by atoms with Gasteiger partial charge >= 0.3 is 0 Å². The van der Waals surface area contributed by atoms with Gasteiger partial charge in [0.1, 0.15) is 0 Å². The molecule has 0 aliphatic carbocycles. The van der Waals surface area contributed by atoms with Crippen molar-refractivity contribution in [1.82, 2.24) is 4.57 Å². The molecule has 1 unspecified atom stereocenters. The van der Waals surface area contributed by atoms with Crippen molar-refractivity contribution in [2.45, 2.75) is 19.4 Å². The summed E-state index contributed by atoms with van der Waals surface area (Å²) in [6.07, 6.45) is 0.400. The number of aliphatic hydroxyl groups excluding tert-OH is 1. The molecule has 1 N–H and O–H groups in total. The average molecular weight is 189 g/mol. The third-order valence-corrected chi connectivity index (χ3v) is 2.72. The van der Waals surface area contributed by atoms with Crippen LogP contribution < -0.4 is 0 Å². The van der Waals surface area contributed by atoms with Gasteiger partial charge in [-0.15, -0.1) is 0 Å². The van der Waals surface area contributed by atoms with E-state index in [0.717, 1.165) is 12.1 Å². The number of aromatic nitrogens is 1. The fourth-order valence-electron chi connectivity index (χ4n) is 1.84. The zero-order chi connectivity index (χ0) is 10.1. The first-order chi connectivity index (χ1) is 6.74. The van der Waals surface area contributed by atoms with Crippen molar-refractivity contribution >= 4 is 10.9 Å². The first-order valence-electron chi connectivity index (χ1n) is 4.96. The maximum absolute atomic E-state index is 9.79. The Kier molecular flexibility index (Phi) is 2.30. The van der Waals surface area contributed by atoms with Crippen molar-refractivity contribution in [3.8, 4) is 0 Å². The average Bonchev–Trinajstić information content (AvgIpc) is 2.56. The summed E-state index contributed by atoms with van der Waals surface area (Å²) in [5, 5.41) is 11.0. The molecule has 0 spiro atoms. The number of aliphatic hydroxyl groups is 1. The van der Waals surface area contributed by atoms with E-state index in [1.807, 2.05) is 26.1 Å². The molecule has 2 aromatic rings. The molecule has 1 atom stereocenters. The predicted molar refractivity (Wildman–Crippen MR) is 58.2 cm³/mol. The van der Waals surface area contributed by atoms with Crippen LogP contribution in [0.5, 0.6) is 0 Å². The highest BCUT2D eigenvalue weighted by Gasteiger charge is 2.11. The molecule has 0 bridgehead atoms. The number of aryl methyl sites for hydroxylation is 1. The molecule has 2 rings (SSSR count). The number of hydrogen-bond donors (Lipinski definition) is 1. The highest BCUT2D eigenvalue weighted by Crippen LogP contribution is 2.24. The van der Waals surface area contributed by atoms with Crippen LogP contribution in [0.1, 0.15) is 25.1 Å². The van der Waals surface area contributed by atoms with Crippen LogP contribution in [0.25, 0.3) is 10.9 Å². The molecule has 74 valence electrons. The Morgan fingerprint density at radius 1 is 1.36 bits per heavy atom. The zero-order valence-corrected chi connectivity index (χ0v) is 8.57. The summed E-state index contributed by atoms with van der Waals surface area (Å²) in [7, 11) is 2.00. The Bertz CT molecular complexity index is 445. The predicted octanol–water partition coefficient (Wildman–Crippen LogP) is 2.62. The molecule has 0 aliphatic rings. The summed E-state index contributed by atoms with van der Waals surface area (Å²) in [5.41, 5.74) is 2.17. The Morgan fingerprint density at radius 2 is 2.07 bits per heavy atom. The molecule has 0 fully saturated rings. The Hall–Kier alpha value is -1.28. The van der Waals surface area contributed by atoms with Crippen molar-refractivity contribution in [1.29, 1.82) is 0 Å². The maximum atomic E-state index is 9.79. The Morgan fingerprint density at radius 3 is 2.71 bits per heavy atom. The van der Waals surface area contributed by atoms with Crippen LogP contribution >= 0.6 is 0 Å². The van der Waals surface area contributed by atoms with Gasteiger partial charge in [-0.1, -0.05) is 25.1 Å². The van der Waals surface area contributed by atoms with Crippen LogP contribution in [0.4, 0.5) is 0 Å². The van der Waals surface area contributed by atoms with E-state index in [1.54, 1.807) is 0 Å². The van der Waals surface area contributed by atoms with Gasteiger partial charge < -0.3 is 9.67 Å². The van der Waals surface area contributed by atoms with Crippen molar-refractivity contribution in [3.05, 3.63) is 36.0 Å². The number of nitrogens with zero attached hydrogens (tertiary/aromatic N) is 1. The fourth-order valence-corrected chi connectivity index (χ4v) is 1.84. The van der Waals surface area contributed by atoms with E-state index < -0.39 is 0 Å². The fraction of sp³-hybridized carbons (Fsp3) is 0.333. The molecule has 2 nitrogen and oxygen atoms in total. The Balaban J connectivity index is 2.62. The van der Waals surface area contributed by atoms with Gasteiger partial charge in [0.15, 0.2) is 0 Å². The molecule has 0 radical (unpaired) electrons. The lowest BCUT2D eigenvalue weighted by Gasteiger charge is -2.09. The van der Waals surface area contributed by atoms with Crippen LogP contribution in [-0.4, -0.2) is 9.67 Å². The standard InChI is InChI=1S/C12H15NO/c1-3-12(14)11-8-9-6-4-5-7-10(9)13(11)2/h4-8,12,14H,3H2,1-2H3. The number of fused-ring (bicyclic) bond motifs is 1. The van der Waals surface area contributed by atoms with E-state index in [-0.39, 0.29) is 6.10 Å². The molecule has 0 amide bonds. The first-order valence-corrected chi connectivity index (χ1v) is 4.96. The van der Waals surface area contributed by atoms with E-state index in [4.69, 9.17) is 0 Å². The molecule has 0 aliphatic heterocycles. The van der Waals surface area contributed by atoms with Gasteiger partial charge in [0.05, 0.1) is 6.10 Å². The summed E-state index contributed by atoms with van der Waals surface area (Å²) in [6.45, 7) is 1.99. The highest BCUT2D eigenvalue weighted by molar-refractivity contribution is 5.81. The molecule has 0 saturated heterocycles. The lowest BCUT2D eigenvalue weighted by Crippen LogP contribution is -2.02. The summed E-state index contributed by atoms with van der Waals surface area (Å²) in [6, 6.07) is 10.2. The van der Waals surface area contributed by atoms with E-state index in [0.29, 0.717) is 0 Å². The van der Waals surface area contributed by atoms with E-state index in [2.05, 4.69) is 22.8 Å². The SMILES string of the molecule is CCC(O)c1cc2ccccc2n1C. The lowest BCUT2D eigenvalue weighted by atomic mass is 10.2. The van der Waals surface area contributed by atoms with Crippen LogP contribution in [-0.2, 0) is 7.05 Å². The van der Waals surface area contributed by atoms with Crippen LogP contribution in [0.2, 0.25) is 0 Å². The molecular formula is C12H15NO. The van der Waals surface area contributed by atoms with Gasteiger partial charge in [0, 0.05) is 18.3 Å². The second-order valence-corrected chi connectivity index (χ2v) is 3.61. The highest BCUT2D eigenvalue weighted by atomic mass is 16.3. The number of para-hydroxylation sites is 1. The third kappa shape index (κ3) is 1.32. The number of rotatable bonds is 2. The number of benzene rings is 1. The smallest absolute Gasteiger partial charge is 0.0937 e. The maximum Gasteiger partial charge on any atom is 0.0937 e. The first kappa shape index (κ1) is 9.28. The second-order valence-electron chi connectivity index (χ2n) is 3.61. The normalized spacial score (nSPS) is 13.4. The van der Waals surface area contributed by atoms with Gasteiger partial charge in [0.2, 0.25) is 0 Å². The van der Waals surface area contributed by atoms with Crippen molar-refractivity contribution in [2.24, 2.45) is 7.05 Å². The lowest BCUT2D eigenvalue weighted by molar-refractivity contribution is 0.166. The molecule has 14 heavy (non-hydrogen) atoms. The molecular weight excluding hydrogens is 174 g/mol. The molecule has 1 aromatic heterocycles. The van der Waals surface area contributed by atoms with Crippen molar-refractivity contribution < 1.29 is 5.11 Å². The Labute approximate surface area is 83.8 Å². The summed E-state index contributed by atoms with van der Waals surface area (Å²) in [5.74, 6) is 0. The largest absolute Gasteiger partial charge is 0.387 e. The van der Waals surface area contributed by atoms with E-state index in [1.165, 1.54) is 10.9 Å². The monoisotopic (exact) mass is 189 g/mol. The van der Waals surface area contributed by atoms with Gasteiger partial charge in [-0.2, -0.15) is 0 Å². The van der Waals surface area contributed by atoms with Crippen LogP contribution in [0.15, 0.2) is 30.3 Å². The van der Waals surface area contributed by atoms with E-state index in [9.17, 15) is 5.11 Å². The molecule has 1 heterocycles. The summed E-state index contributed by atoms with van der Waals surface area (Å²) in [4.78, 5) is 0. The minimum Gasteiger partial charge on any atom is -0.387 e. The zero-order valence-electron chi connectivity index (χ0n) is 8.57. The summed E-state index contributed by atoms with van der Waals surface area (Å²) >= 11 is 0. The molecule has 0 saturated carbocycles. The minimum atomic E-state index is -0.354. The van der Waals surface area contributed by atoms with Gasteiger partial charge in [0.25, 0.3) is 0 Å². The van der Waals surface area contributed by atoms with Crippen LogP contribution in [0.3, 0.4) is 0 Å². The van der Waals surface area contributed by atoms with Crippen molar-refractivity contribution in [2.75, 3.05) is 0 Å². The van der Waals surface area contributed by atoms with Crippen LogP contribution in [0, 0.1) is 0 Å². The van der Waals surface area contributed by atoms with E-state index >= 15 is 0 Å². The van der Waals surface area contributed by atoms with Gasteiger partial charge in [-0.05, 0) is 23.9 Å². The second kappa shape index (κ2) is 3.46.